The summed E-state index contributed by atoms with van der Waals surface area (Å²) in [6, 6.07) is 4.13. The predicted molar refractivity (Wildman–Crippen MR) is 63.7 cm³/mol. The standard InChI is InChI=1S/C13H15NO2/c1-4-12(15)16-11-7-14-13-9(3)5-8(2)6-10(11)13/h5-7,14H,4H2,1-3H3. The van der Waals surface area contributed by atoms with Gasteiger partial charge in [-0.25, -0.2) is 0 Å². The van der Waals surface area contributed by atoms with Gasteiger partial charge in [-0.2, -0.15) is 0 Å². The summed E-state index contributed by atoms with van der Waals surface area (Å²) >= 11 is 0. The van der Waals surface area contributed by atoms with E-state index in [9.17, 15) is 4.79 Å². The number of carbonyl (C=O) groups is 1. The van der Waals surface area contributed by atoms with Crippen molar-refractivity contribution in [2.45, 2.75) is 27.2 Å². The summed E-state index contributed by atoms with van der Waals surface area (Å²) in [5.74, 6) is 0.411. The average Bonchev–Trinajstić information content (AvgIpc) is 2.61. The van der Waals surface area contributed by atoms with Crippen molar-refractivity contribution in [3.63, 3.8) is 0 Å². The van der Waals surface area contributed by atoms with Crippen LogP contribution in [0.15, 0.2) is 18.3 Å². The van der Waals surface area contributed by atoms with E-state index in [2.05, 4.69) is 11.1 Å². The molecule has 0 spiro atoms. The molecule has 1 aromatic heterocycles. The van der Waals surface area contributed by atoms with E-state index in [0.29, 0.717) is 12.2 Å². The molecule has 3 nitrogen and oxygen atoms in total. The van der Waals surface area contributed by atoms with Crippen molar-refractivity contribution < 1.29 is 9.53 Å². The zero-order chi connectivity index (χ0) is 11.7. The number of carbonyl (C=O) groups excluding carboxylic acids is 1. The average molecular weight is 217 g/mol. The summed E-state index contributed by atoms with van der Waals surface area (Å²) in [6.07, 6.45) is 2.13. The molecule has 0 radical (unpaired) electrons. The molecule has 0 unspecified atom stereocenters. The molecule has 0 atom stereocenters. The Morgan fingerprint density at radius 2 is 2.12 bits per heavy atom. The number of aromatic nitrogens is 1. The van der Waals surface area contributed by atoms with Crippen LogP contribution in [0.1, 0.15) is 24.5 Å². The minimum absolute atomic E-state index is 0.208. The Kier molecular flexibility index (Phi) is 2.69. The van der Waals surface area contributed by atoms with Gasteiger partial charge in [-0.15, -0.1) is 0 Å². The Morgan fingerprint density at radius 3 is 2.81 bits per heavy atom. The SMILES string of the molecule is CCC(=O)Oc1c[nH]c2c(C)cc(C)cc12. The fourth-order valence-corrected chi connectivity index (χ4v) is 1.85. The highest BCUT2D eigenvalue weighted by molar-refractivity contribution is 5.91. The molecule has 2 rings (SSSR count). The van der Waals surface area contributed by atoms with Crippen LogP contribution in [0.4, 0.5) is 0 Å². The number of rotatable bonds is 2. The van der Waals surface area contributed by atoms with Crippen molar-refractivity contribution in [1.29, 1.82) is 0 Å². The molecule has 0 aliphatic rings. The van der Waals surface area contributed by atoms with E-state index in [1.54, 1.807) is 13.1 Å². The van der Waals surface area contributed by atoms with Crippen LogP contribution in [-0.4, -0.2) is 11.0 Å². The highest BCUT2D eigenvalue weighted by Crippen LogP contribution is 2.29. The molecule has 1 heterocycles. The van der Waals surface area contributed by atoms with Crippen molar-refractivity contribution in [1.82, 2.24) is 4.98 Å². The number of aromatic amines is 1. The van der Waals surface area contributed by atoms with Crippen LogP contribution >= 0.6 is 0 Å². The molecule has 0 saturated heterocycles. The second kappa shape index (κ2) is 4.00. The quantitative estimate of drug-likeness (QED) is 0.785. The van der Waals surface area contributed by atoms with E-state index in [0.717, 1.165) is 16.5 Å². The number of nitrogens with one attached hydrogen (secondary N) is 1. The van der Waals surface area contributed by atoms with Gasteiger partial charge in [-0.05, 0) is 31.0 Å². The smallest absolute Gasteiger partial charge is 0.310 e. The predicted octanol–water partition coefficient (Wildman–Crippen LogP) is 3.10. The number of hydrogen-bond acceptors (Lipinski definition) is 2. The first-order valence-corrected chi connectivity index (χ1v) is 5.41. The Morgan fingerprint density at radius 1 is 1.38 bits per heavy atom. The van der Waals surface area contributed by atoms with Crippen molar-refractivity contribution in [2.24, 2.45) is 0 Å². The summed E-state index contributed by atoms with van der Waals surface area (Å²) in [5, 5.41) is 0.972. The van der Waals surface area contributed by atoms with Gasteiger partial charge in [-0.3, -0.25) is 4.79 Å². The highest BCUT2D eigenvalue weighted by atomic mass is 16.5. The minimum atomic E-state index is -0.208. The molecule has 0 aliphatic carbocycles. The van der Waals surface area contributed by atoms with Crippen LogP contribution in [0.3, 0.4) is 0 Å². The highest BCUT2D eigenvalue weighted by Gasteiger charge is 2.10. The van der Waals surface area contributed by atoms with Crippen LogP contribution in [-0.2, 0) is 4.79 Å². The van der Waals surface area contributed by atoms with E-state index in [1.165, 1.54) is 5.56 Å². The number of fused-ring (bicyclic) bond motifs is 1. The number of esters is 1. The molecule has 0 amide bonds. The fourth-order valence-electron chi connectivity index (χ4n) is 1.85. The van der Waals surface area contributed by atoms with E-state index in [1.807, 2.05) is 19.9 Å². The monoisotopic (exact) mass is 217 g/mol. The lowest BCUT2D eigenvalue weighted by Crippen LogP contribution is -2.04. The fraction of sp³-hybridized carbons (Fsp3) is 0.308. The lowest BCUT2D eigenvalue weighted by atomic mass is 10.1. The van der Waals surface area contributed by atoms with Crippen molar-refractivity contribution >= 4 is 16.9 Å². The van der Waals surface area contributed by atoms with Crippen molar-refractivity contribution in [3.8, 4) is 5.75 Å². The first kappa shape index (κ1) is 10.7. The van der Waals surface area contributed by atoms with Gasteiger partial charge in [0.15, 0.2) is 5.75 Å². The van der Waals surface area contributed by atoms with Crippen LogP contribution in [0, 0.1) is 13.8 Å². The molecule has 0 saturated carbocycles. The summed E-state index contributed by atoms with van der Waals surface area (Å²) in [7, 11) is 0. The first-order chi connectivity index (χ1) is 7.61. The van der Waals surface area contributed by atoms with Crippen LogP contribution in [0.5, 0.6) is 5.75 Å². The molecule has 1 N–H and O–H groups in total. The summed E-state index contributed by atoms with van der Waals surface area (Å²) in [5.41, 5.74) is 3.36. The van der Waals surface area contributed by atoms with Gasteiger partial charge in [0, 0.05) is 18.0 Å². The van der Waals surface area contributed by atoms with Gasteiger partial charge in [0.1, 0.15) is 0 Å². The Labute approximate surface area is 94.4 Å². The van der Waals surface area contributed by atoms with Gasteiger partial charge >= 0.3 is 5.97 Å². The maximum Gasteiger partial charge on any atom is 0.310 e. The zero-order valence-electron chi connectivity index (χ0n) is 9.76. The lowest BCUT2D eigenvalue weighted by Gasteiger charge is -2.02. The molecule has 2 aromatic rings. The van der Waals surface area contributed by atoms with Gasteiger partial charge in [0.2, 0.25) is 0 Å². The van der Waals surface area contributed by atoms with Gasteiger partial charge < -0.3 is 9.72 Å². The minimum Gasteiger partial charge on any atom is -0.424 e. The zero-order valence-corrected chi connectivity index (χ0v) is 9.76. The topological polar surface area (TPSA) is 42.1 Å². The van der Waals surface area contributed by atoms with Crippen LogP contribution in [0.25, 0.3) is 10.9 Å². The number of benzene rings is 1. The molecule has 3 heteroatoms. The maximum absolute atomic E-state index is 11.3. The summed E-state index contributed by atoms with van der Waals surface area (Å²) in [6.45, 7) is 5.86. The molecule has 0 aliphatic heterocycles. The molecule has 0 bridgehead atoms. The van der Waals surface area contributed by atoms with Gasteiger partial charge in [0.05, 0.1) is 5.52 Å². The molecular weight excluding hydrogens is 202 g/mol. The van der Waals surface area contributed by atoms with Crippen molar-refractivity contribution in [2.75, 3.05) is 0 Å². The lowest BCUT2D eigenvalue weighted by molar-refractivity contribution is -0.133. The normalized spacial score (nSPS) is 10.7. The van der Waals surface area contributed by atoms with Gasteiger partial charge in [-0.1, -0.05) is 13.0 Å². The Hall–Kier alpha value is -1.77. The molecule has 1 aromatic carbocycles. The number of hydrogen-bond donors (Lipinski definition) is 1. The van der Waals surface area contributed by atoms with Crippen molar-refractivity contribution in [3.05, 3.63) is 29.5 Å². The number of H-pyrrole nitrogens is 1. The van der Waals surface area contributed by atoms with E-state index < -0.39 is 0 Å². The molecule has 16 heavy (non-hydrogen) atoms. The first-order valence-electron chi connectivity index (χ1n) is 5.41. The second-order valence-electron chi connectivity index (χ2n) is 3.98. The second-order valence-corrected chi connectivity index (χ2v) is 3.98. The van der Waals surface area contributed by atoms with E-state index in [4.69, 9.17) is 4.74 Å². The van der Waals surface area contributed by atoms with Crippen LogP contribution < -0.4 is 4.74 Å². The molecule has 84 valence electrons. The maximum atomic E-state index is 11.3. The largest absolute Gasteiger partial charge is 0.424 e. The Bertz CT molecular complexity index is 540. The third-order valence-electron chi connectivity index (χ3n) is 2.61. The number of ether oxygens (including phenoxy) is 1. The molecule has 0 fully saturated rings. The molecular formula is C13H15NO2. The van der Waals surface area contributed by atoms with Gasteiger partial charge in [0.25, 0.3) is 0 Å². The Balaban J connectivity index is 2.51. The van der Waals surface area contributed by atoms with Crippen LogP contribution in [0.2, 0.25) is 0 Å². The number of aryl methyl sites for hydroxylation is 2. The third kappa shape index (κ3) is 1.81. The van der Waals surface area contributed by atoms with E-state index >= 15 is 0 Å². The summed E-state index contributed by atoms with van der Waals surface area (Å²) in [4.78, 5) is 14.4. The summed E-state index contributed by atoms with van der Waals surface area (Å²) < 4.78 is 5.26. The third-order valence-corrected chi connectivity index (χ3v) is 2.61. The van der Waals surface area contributed by atoms with E-state index in [-0.39, 0.29) is 5.97 Å².